The highest BCUT2D eigenvalue weighted by Gasteiger charge is 2.30. The number of hydrogen-bond acceptors (Lipinski definition) is 3. The predicted molar refractivity (Wildman–Crippen MR) is 127 cm³/mol. The van der Waals surface area contributed by atoms with Crippen LogP contribution in [0.2, 0.25) is 0 Å². The summed E-state index contributed by atoms with van der Waals surface area (Å²) in [6, 6.07) is 18.2. The van der Waals surface area contributed by atoms with Crippen molar-refractivity contribution < 1.29 is 4.79 Å². The van der Waals surface area contributed by atoms with Crippen molar-refractivity contribution in [2.75, 3.05) is 37.5 Å². The summed E-state index contributed by atoms with van der Waals surface area (Å²) in [5, 5.41) is 6.69. The van der Waals surface area contributed by atoms with Crippen LogP contribution in [-0.4, -0.2) is 45.6 Å². The first-order chi connectivity index (χ1) is 13.1. The van der Waals surface area contributed by atoms with Gasteiger partial charge in [-0.15, -0.1) is 24.0 Å². The maximum absolute atomic E-state index is 12.3. The third-order valence-corrected chi connectivity index (χ3v) is 4.67. The fourth-order valence-electron chi connectivity index (χ4n) is 3.15. The number of aliphatic imine (C=N–C) groups is 1. The number of benzene rings is 2. The lowest BCUT2D eigenvalue weighted by molar-refractivity contribution is -0.117. The molecule has 1 fully saturated rings. The zero-order chi connectivity index (χ0) is 19.2. The predicted octanol–water partition coefficient (Wildman–Crippen LogP) is 2.84. The molecule has 1 heterocycles. The van der Waals surface area contributed by atoms with Gasteiger partial charge in [-0.2, -0.15) is 0 Å². The van der Waals surface area contributed by atoms with Crippen molar-refractivity contribution in [1.82, 2.24) is 10.6 Å². The second-order valence-corrected chi connectivity index (χ2v) is 6.87. The molecule has 1 aliphatic rings. The maximum atomic E-state index is 12.3. The van der Waals surface area contributed by atoms with Crippen LogP contribution < -0.4 is 20.4 Å². The second-order valence-electron chi connectivity index (χ2n) is 6.87. The molecule has 1 atom stereocenters. The van der Waals surface area contributed by atoms with Crippen molar-refractivity contribution in [3.8, 4) is 0 Å². The smallest absolute Gasteiger partial charge is 0.229 e. The SMILES string of the molecule is CN=C(NCc1ccc(N(C)C)cc1)NC1CC(=O)N(c2ccccc2)C1.I. The average molecular weight is 493 g/mol. The number of nitrogens with one attached hydrogen (secondary N) is 2. The maximum Gasteiger partial charge on any atom is 0.229 e. The van der Waals surface area contributed by atoms with E-state index < -0.39 is 0 Å². The van der Waals surface area contributed by atoms with Crippen molar-refractivity contribution >= 4 is 47.2 Å². The van der Waals surface area contributed by atoms with Gasteiger partial charge in [0.05, 0.1) is 6.04 Å². The zero-order valence-corrected chi connectivity index (χ0v) is 18.9. The molecule has 7 heteroatoms. The Bertz CT molecular complexity index is 792. The first-order valence-corrected chi connectivity index (χ1v) is 9.15. The van der Waals surface area contributed by atoms with Gasteiger partial charge < -0.3 is 20.4 Å². The van der Waals surface area contributed by atoms with E-state index in [1.54, 1.807) is 7.05 Å². The molecule has 1 saturated heterocycles. The van der Waals surface area contributed by atoms with Gasteiger partial charge in [-0.05, 0) is 29.8 Å². The van der Waals surface area contributed by atoms with Crippen molar-refractivity contribution in [2.45, 2.75) is 19.0 Å². The Kier molecular flexibility index (Phi) is 8.10. The largest absolute Gasteiger partial charge is 0.378 e. The summed E-state index contributed by atoms with van der Waals surface area (Å²) in [6.07, 6.45) is 0.465. The van der Waals surface area contributed by atoms with Crippen LogP contribution in [0.5, 0.6) is 0 Å². The number of anilines is 2. The molecule has 0 aromatic heterocycles. The molecule has 6 nitrogen and oxygen atoms in total. The van der Waals surface area contributed by atoms with Crippen LogP contribution in [0.1, 0.15) is 12.0 Å². The lowest BCUT2D eigenvalue weighted by atomic mass is 10.2. The van der Waals surface area contributed by atoms with Crippen LogP contribution in [0.3, 0.4) is 0 Å². The fraction of sp³-hybridized carbons (Fsp3) is 0.333. The van der Waals surface area contributed by atoms with Crippen LogP contribution in [0.25, 0.3) is 0 Å². The van der Waals surface area contributed by atoms with Crippen LogP contribution in [-0.2, 0) is 11.3 Å². The number of halogens is 1. The summed E-state index contributed by atoms with van der Waals surface area (Å²) < 4.78 is 0. The standard InChI is InChI=1S/C21H27N5O.HI/c1-22-21(23-14-16-9-11-18(12-10-16)25(2)3)24-17-13-20(27)26(15-17)19-7-5-4-6-8-19;/h4-12,17H,13-15H2,1-3H3,(H2,22,23,24);1H. The Balaban J connectivity index is 0.00000280. The summed E-state index contributed by atoms with van der Waals surface area (Å²) in [5.41, 5.74) is 3.29. The molecule has 0 bridgehead atoms. The Hall–Kier alpha value is -2.29. The normalized spacial score (nSPS) is 16.5. The Morgan fingerprint density at radius 3 is 2.43 bits per heavy atom. The molecule has 3 rings (SSSR count). The molecule has 1 unspecified atom stereocenters. The summed E-state index contributed by atoms with van der Waals surface area (Å²) >= 11 is 0. The minimum atomic E-state index is 0. The minimum absolute atomic E-state index is 0. The van der Waals surface area contributed by atoms with Gasteiger partial charge in [0.1, 0.15) is 0 Å². The van der Waals surface area contributed by atoms with Gasteiger partial charge >= 0.3 is 0 Å². The van der Waals surface area contributed by atoms with Gasteiger partial charge in [-0.3, -0.25) is 9.79 Å². The third-order valence-electron chi connectivity index (χ3n) is 4.67. The summed E-state index contributed by atoms with van der Waals surface area (Å²) in [6.45, 7) is 1.32. The van der Waals surface area contributed by atoms with E-state index >= 15 is 0 Å². The van der Waals surface area contributed by atoms with Gasteiger partial charge in [0.15, 0.2) is 5.96 Å². The number of carbonyl (C=O) groups excluding carboxylic acids is 1. The Morgan fingerprint density at radius 2 is 1.82 bits per heavy atom. The summed E-state index contributed by atoms with van der Waals surface area (Å²) in [7, 11) is 5.80. The van der Waals surface area contributed by atoms with Crippen LogP contribution in [0.4, 0.5) is 11.4 Å². The highest BCUT2D eigenvalue weighted by atomic mass is 127. The molecule has 150 valence electrons. The molecule has 2 N–H and O–H groups in total. The van der Waals surface area contributed by atoms with Crippen molar-refractivity contribution in [2.24, 2.45) is 4.99 Å². The molecule has 0 spiro atoms. The van der Waals surface area contributed by atoms with Gasteiger partial charge in [0, 0.05) is 52.0 Å². The fourth-order valence-corrected chi connectivity index (χ4v) is 3.15. The quantitative estimate of drug-likeness (QED) is 0.382. The van der Waals surface area contributed by atoms with Crippen molar-refractivity contribution in [3.05, 3.63) is 60.2 Å². The summed E-state index contributed by atoms with van der Waals surface area (Å²) in [5.74, 6) is 0.841. The van der Waals surface area contributed by atoms with Crippen molar-refractivity contribution in [1.29, 1.82) is 0 Å². The first-order valence-electron chi connectivity index (χ1n) is 9.15. The van der Waals surface area contributed by atoms with Gasteiger partial charge in [-0.25, -0.2) is 0 Å². The minimum Gasteiger partial charge on any atom is -0.378 e. The van der Waals surface area contributed by atoms with Crippen molar-refractivity contribution in [3.63, 3.8) is 0 Å². The Labute approximate surface area is 184 Å². The van der Waals surface area contributed by atoms with E-state index in [-0.39, 0.29) is 35.9 Å². The summed E-state index contributed by atoms with van der Waals surface area (Å²) in [4.78, 5) is 20.5. The molecule has 1 amide bonds. The number of para-hydroxylation sites is 1. The topological polar surface area (TPSA) is 60.0 Å². The molecule has 0 aliphatic carbocycles. The molecule has 0 saturated carbocycles. The van der Waals surface area contributed by atoms with Crippen LogP contribution >= 0.6 is 24.0 Å². The van der Waals surface area contributed by atoms with E-state index in [4.69, 9.17) is 0 Å². The number of amides is 1. The molecule has 2 aromatic carbocycles. The van der Waals surface area contributed by atoms with E-state index in [0.717, 1.165) is 5.69 Å². The number of carbonyl (C=O) groups is 1. The molecule has 0 radical (unpaired) electrons. The third kappa shape index (κ3) is 5.60. The lowest BCUT2D eigenvalue weighted by Gasteiger charge is -2.19. The van der Waals surface area contributed by atoms with E-state index in [0.29, 0.717) is 25.5 Å². The van der Waals surface area contributed by atoms with E-state index in [1.165, 1.54) is 11.3 Å². The molecular weight excluding hydrogens is 465 g/mol. The highest BCUT2D eigenvalue weighted by molar-refractivity contribution is 14.0. The zero-order valence-electron chi connectivity index (χ0n) is 16.6. The molecule has 1 aliphatic heterocycles. The molecule has 2 aromatic rings. The number of guanidine groups is 1. The first kappa shape index (κ1) is 22.0. The second kappa shape index (κ2) is 10.3. The number of rotatable bonds is 5. The average Bonchev–Trinajstić information content (AvgIpc) is 3.06. The van der Waals surface area contributed by atoms with Crippen LogP contribution in [0.15, 0.2) is 59.6 Å². The molecule has 28 heavy (non-hydrogen) atoms. The molecular formula is C21H28IN5O. The number of hydrogen-bond donors (Lipinski definition) is 2. The van der Waals surface area contributed by atoms with E-state index in [9.17, 15) is 4.79 Å². The highest BCUT2D eigenvalue weighted by Crippen LogP contribution is 2.21. The lowest BCUT2D eigenvalue weighted by Crippen LogP contribution is -2.44. The van der Waals surface area contributed by atoms with Gasteiger partial charge in [-0.1, -0.05) is 30.3 Å². The van der Waals surface area contributed by atoms with E-state index in [2.05, 4.69) is 44.8 Å². The Morgan fingerprint density at radius 1 is 1.14 bits per heavy atom. The number of nitrogens with zero attached hydrogens (tertiary/aromatic N) is 3. The van der Waals surface area contributed by atoms with Gasteiger partial charge in [0.2, 0.25) is 5.91 Å². The van der Waals surface area contributed by atoms with Gasteiger partial charge in [0.25, 0.3) is 0 Å². The van der Waals surface area contributed by atoms with E-state index in [1.807, 2.05) is 49.3 Å². The monoisotopic (exact) mass is 493 g/mol. The van der Waals surface area contributed by atoms with Crippen LogP contribution in [0, 0.1) is 0 Å².